The quantitative estimate of drug-likeness (QED) is 0.144. The minimum absolute atomic E-state index is 0.0989. The largest absolute Gasteiger partial charge is 0.399 e. The van der Waals surface area contributed by atoms with E-state index in [9.17, 15) is 19.2 Å². The van der Waals surface area contributed by atoms with Gasteiger partial charge < -0.3 is 32.7 Å². The molecule has 3 rings (SSSR count). The van der Waals surface area contributed by atoms with E-state index in [4.69, 9.17) is 11.5 Å². The van der Waals surface area contributed by atoms with Gasteiger partial charge in [0.05, 0.1) is 0 Å². The van der Waals surface area contributed by atoms with Crippen molar-refractivity contribution in [2.75, 3.05) is 11.5 Å². The molecule has 0 aliphatic carbocycles. The molecular formula is C32H40N6O4. The average molecular weight is 573 g/mol. The highest BCUT2D eigenvalue weighted by molar-refractivity contribution is 5.79. The zero-order valence-corrected chi connectivity index (χ0v) is 23.8. The molecule has 3 aromatic carbocycles. The van der Waals surface area contributed by atoms with E-state index in [2.05, 4.69) is 21.3 Å². The first-order valence-corrected chi connectivity index (χ1v) is 14.1. The number of nitrogen functional groups attached to an aromatic ring is 2. The molecule has 0 radical (unpaired) electrons. The molecule has 42 heavy (non-hydrogen) atoms. The van der Waals surface area contributed by atoms with E-state index in [0.717, 1.165) is 22.3 Å². The highest BCUT2D eigenvalue weighted by atomic mass is 16.2. The Labute approximate surface area is 246 Å². The van der Waals surface area contributed by atoms with Crippen LogP contribution in [0.25, 0.3) is 0 Å². The van der Waals surface area contributed by atoms with E-state index in [0.29, 0.717) is 50.4 Å². The lowest BCUT2D eigenvalue weighted by atomic mass is 10.1. The highest BCUT2D eigenvalue weighted by Crippen LogP contribution is 2.08. The number of anilines is 2. The van der Waals surface area contributed by atoms with Crippen LogP contribution in [0.4, 0.5) is 11.4 Å². The van der Waals surface area contributed by atoms with E-state index in [-0.39, 0.29) is 49.3 Å². The van der Waals surface area contributed by atoms with Gasteiger partial charge >= 0.3 is 0 Å². The fourth-order valence-corrected chi connectivity index (χ4v) is 4.02. The van der Waals surface area contributed by atoms with Gasteiger partial charge in [0, 0.05) is 63.2 Å². The molecule has 0 unspecified atom stereocenters. The number of rotatable bonds is 16. The van der Waals surface area contributed by atoms with Crippen LogP contribution < -0.4 is 32.7 Å². The Kier molecular flexibility index (Phi) is 12.9. The molecule has 3 aromatic rings. The SMILES string of the molecule is Nc1ccc(CNC(=O)CCCC(=O)NCc2ccc(CNC(=O)CCCC(=O)NCc3ccc(N)cc3)cc2)cc1. The normalized spacial score (nSPS) is 10.5. The van der Waals surface area contributed by atoms with E-state index in [1.165, 1.54) is 0 Å². The molecule has 10 heteroatoms. The van der Waals surface area contributed by atoms with Crippen LogP contribution in [0.15, 0.2) is 72.8 Å². The Morgan fingerprint density at radius 3 is 0.857 bits per heavy atom. The molecule has 8 N–H and O–H groups in total. The first kappa shape index (κ1) is 31.7. The zero-order valence-electron chi connectivity index (χ0n) is 23.8. The van der Waals surface area contributed by atoms with Crippen molar-refractivity contribution >= 4 is 35.0 Å². The molecule has 0 aromatic heterocycles. The maximum atomic E-state index is 12.2. The molecule has 0 aliphatic heterocycles. The van der Waals surface area contributed by atoms with Crippen LogP contribution in [-0.2, 0) is 45.4 Å². The van der Waals surface area contributed by atoms with Crippen LogP contribution >= 0.6 is 0 Å². The third-order valence-electron chi connectivity index (χ3n) is 6.56. The van der Waals surface area contributed by atoms with Gasteiger partial charge in [-0.1, -0.05) is 48.5 Å². The molecule has 0 saturated carbocycles. The fourth-order valence-electron chi connectivity index (χ4n) is 4.02. The molecule has 0 heterocycles. The first-order chi connectivity index (χ1) is 20.3. The summed E-state index contributed by atoms with van der Waals surface area (Å²) in [7, 11) is 0. The van der Waals surface area contributed by atoms with Gasteiger partial charge in [-0.15, -0.1) is 0 Å². The van der Waals surface area contributed by atoms with Gasteiger partial charge in [-0.05, 0) is 59.4 Å². The lowest BCUT2D eigenvalue weighted by Gasteiger charge is -2.09. The third kappa shape index (κ3) is 12.5. The molecule has 4 amide bonds. The van der Waals surface area contributed by atoms with Gasteiger partial charge in [0.15, 0.2) is 0 Å². The second-order valence-electron chi connectivity index (χ2n) is 10.1. The Morgan fingerprint density at radius 1 is 0.405 bits per heavy atom. The van der Waals surface area contributed by atoms with Crippen LogP contribution in [0.3, 0.4) is 0 Å². The first-order valence-electron chi connectivity index (χ1n) is 14.1. The Bertz CT molecular complexity index is 1210. The fraction of sp³-hybridized carbons (Fsp3) is 0.312. The topological polar surface area (TPSA) is 168 Å². The summed E-state index contributed by atoms with van der Waals surface area (Å²) in [6, 6.07) is 22.2. The van der Waals surface area contributed by atoms with Crippen molar-refractivity contribution in [1.29, 1.82) is 0 Å². The van der Waals surface area contributed by atoms with Crippen molar-refractivity contribution in [3.8, 4) is 0 Å². The number of amides is 4. The molecule has 0 saturated heterocycles. The lowest BCUT2D eigenvalue weighted by molar-refractivity contribution is -0.124. The summed E-state index contributed by atoms with van der Waals surface area (Å²) in [5, 5.41) is 11.4. The van der Waals surface area contributed by atoms with Crippen molar-refractivity contribution in [3.05, 3.63) is 95.1 Å². The summed E-state index contributed by atoms with van der Waals surface area (Å²) in [6.45, 7) is 1.62. The smallest absolute Gasteiger partial charge is 0.220 e. The summed E-state index contributed by atoms with van der Waals surface area (Å²) in [6.07, 6.45) is 2.02. The van der Waals surface area contributed by atoms with Crippen LogP contribution in [0, 0.1) is 0 Å². The van der Waals surface area contributed by atoms with Crippen molar-refractivity contribution in [1.82, 2.24) is 21.3 Å². The molecule has 0 fully saturated rings. The van der Waals surface area contributed by atoms with Crippen LogP contribution in [0.5, 0.6) is 0 Å². The number of carbonyl (C=O) groups is 4. The standard InChI is InChI=1S/C32H40N6O4/c33-27-15-11-25(12-16-27)21-37-31(41)5-1-3-29(39)35-19-23-7-9-24(10-8-23)20-36-30(40)4-2-6-32(42)38-22-26-13-17-28(34)18-14-26/h7-18H,1-6,19-22,33-34H2,(H,35,39)(H,36,40)(H,37,41)(H,38,42). The highest BCUT2D eigenvalue weighted by Gasteiger charge is 2.08. The van der Waals surface area contributed by atoms with E-state index in [1.54, 1.807) is 24.3 Å². The van der Waals surface area contributed by atoms with Gasteiger partial charge in [0.25, 0.3) is 0 Å². The summed E-state index contributed by atoms with van der Waals surface area (Å²) in [4.78, 5) is 48.4. The number of benzene rings is 3. The van der Waals surface area contributed by atoms with Crippen LogP contribution in [0.1, 0.15) is 60.8 Å². The van der Waals surface area contributed by atoms with Gasteiger partial charge in [-0.25, -0.2) is 0 Å². The number of carbonyl (C=O) groups excluding carboxylic acids is 4. The molecule has 0 bridgehead atoms. The van der Waals surface area contributed by atoms with Gasteiger partial charge in [-0.3, -0.25) is 19.2 Å². The van der Waals surface area contributed by atoms with Gasteiger partial charge in [0.2, 0.25) is 23.6 Å². The molecule has 0 atom stereocenters. The third-order valence-corrected chi connectivity index (χ3v) is 6.56. The molecule has 10 nitrogen and oxygen atoms in total. The summed E-state index contributed by atoms with van der Waals surface area (Å²) < 4.78 is 0. The minimum Gasteiger partial charge on any atom is -0.399 e. The number of nitrogens with two attached hydrogens (primary N) is 2. The number of nitrogens with one attached hydrogen (secondary N) is 4. The summed E-state index contributed by atoms with van der Waals surface area (Å²) in [5.74, 6) is -0.426. The van der Waals surface area contributed by atoms with E-state index in [1.807, 2.05) is 48.5 Å². The predicted molar refractivity (Wildman–Crippen MR) is 163 cm³/mol. The Hall–Kier alpha value is -4.86. The van der Waals surface area contributed by atoms with Crippen molar-refractivity contribution < 1.29 is 19.2 Å². The van der Waals surface area contributed by atoms with E-state index < -0.39 is 0 Å². The summed E-state index contributed by atoms with van der Waals surface area (Å²) >= 11 is 0. The van der Waals surface area contributed by atoms with Crippen molar-refractivity contribution in [2.45, 2.75) is 64.7 Å². The molecule has 0 aliphatic rings. The average Bonchev–Trinajstić information content (AvgIpc) is 2.99. The monoisotopic (exact) mass is 572 g/mol. The van der Waals surface area contributed by atoms with E-state index >= 15 is 0 Å². The lowest BCUT2D eigenvalue weighted by Crippen LogP contribution is -2.25. The summed E-state index contributed by atoms with van der Waals surface area (Å²) in [5.41, 5.74) is 16.5. The molecule has 222 valence electrons. The minimum atomic E-state index is -0.114. The van der Waals surface area contributed by atoms with Gasteiger partial charge in [-0.2, -0.15) is 0 Å². The maximum Gasteiger partial charge on any atom is 0.220 e. The van der Waals surface area contributed by atoms with Crippen molar-refractivity contribution in [3.63, 3.8) is 0 Å². The van der Waals surface area contributed by atoms with Crippen LogP contribution in [0.2, 0.25) is 0 Å². The second-order valence-corrected chi connectivity index (χ2v) is 10.1. The maximum absolute atomic E-state index is 12.2. The predicted octanol–water partition coefficient (Wildman–Crippen LogP) is 3.06. The second kappa shape index (κ2) is 17.1. The Morgan fingerprint density at radius 2 is 0.619 bits per heavy atom. The Balaban J connectivity index is 1.22. The number of hydrogen-bond donors (Lipinski definition) is 6. The molecule has 0 spiro atoms. The van der Waals surface area contributed by atoms with Crippen LogP contribution in [-0.4, -0.2) is 23.6 Å². The zero-order chi connectivity index (χ0) is 30.2. The van der Waals surface area contributed by atoms with Crippen molar-refractivity contribution in [2.24, 2.45) is 0 Å². The van der Waals surface area contributed by atoms with Gasteiger partial charge in [0.1, 0.15) is 0 Å². The number of hydrogen-bond acceptors (Lipinski definition) is 6. The molecular weight excluding hydrogens is 532 g/mol.